The molecule has 0 saturated carbocycles. The highest BCUT2D eigenvalue weighted by atomic mass is 16.2. The number of nitrogens with two attached hydrogens (primary N) is 1. The van der Waals surface area contributed by atoms with Crippen molar-refractivity contribution in [3.63, 3.8) is 0 Å². The van der Waals surface area contributed by atoms with Gasteiger partial charge in [0.2, 0.25) is 0 Å². The molecule has 36 heavy (non-hydrogen) atoms. The largest absolute Gasteiger partial charge is 0.399 e. The topological polar surface area (TPSA) is 52.8 Å². The Labute approximate surface area is 216 Å². The first-order valence-corrected chi connectivity index (χ1v) is 13.1. The fourth-order valence-corrected chi connectivity index (χ4v) is 5.39. The van der Waals surface area contributed by atoms with Gasteiger partial charge in [-0.25, -0.2) is 0 Å². The lowest BCUT2D eigenvalue weighted by atomic mass is 9.94. The van der Waals surface area contributed by atoms with Crippen LogP contribution in [-0.4, -0.2) is 58.9 Å². The summed E-state index contributed by atoms with van der Waals surface area (Å²) >= 11 is 0. The van der Waals surface area contributed by atoms with Crippen molar-refractivity contribution in [3.8, 4) is 0 Å². The average Bonchev–Trinajstić information content (AvgIpc) is 2.86. The number of rotatable bonds is 8. The standard InChI is InChI=1S/C31H40N4O/c1-23(2)35(24(3)4)31(36)27-15-13-26(14-16-27)30(28-11-8-12-29(32)21-28)34-19-17-33(18-20-34)22-25-9-6-5-7-10-25/h5-16,21,23-24,30H,17-20,22,32H2,1-4H3. The van der Waals surface area contributed by atoms with E-state index in [0.717, 1.165) is 44.0 Å². The highest BCUT2D eigenvalue weighted by Crippen LogP contribution is 2.31. The summed E-state index contributed by atoms with van der Waals surface area (Å²) in [6.45, 7) is 13.2. The molecule has 190 valence electrons. The van der Waals surface area contributed by atoms with E-state index in [1.165, 1.54) is 16.7 Å². The second-order valence-corrected chi connectivity index (χ2v) is 10.4. The molecule has 2 N–H and O–H groups in total. The highest BCUT2D eigenvalue weighted by molar-refractivity contribution is 5.94. The van der Waals surface area contributed by atoms with Crippen LogP contribution in [0.25, 0.3) is 0 Å². The minimum Gasteiger partial charge on any atom is -0.399 e. The van der Waals surface area contributed by atoms with Crippen LogP contribution >= 0.6 is 0 Å². The van der Waals surface area contributed by atoms with Crippen molar-refractivity contribution in [2.45, 2.75) is 52.4 Å². The van der Waals surface area contributed by atoms with E-state index in [2.05, 4.69) is 92.1 Å². The molecule has 1 atom stereocenters. The van der Waals surface area contributed by atoms with Gasteiger partial charge < -0.3 is 10.6 Å². The van der Waals surface area contributed by atoms with Crippen LogP contribution in [0.15, 0.2) is 78.9 Å². The molecule has 1 fully saturated rings. The van der Waals surface area contributed by atoms with E-state index in [4.69, 9.17) is 5.73 Å². The van der Waals surface area contributed by atoms with E-state index in [-0.39, 0.29) is 24.0 Å². The van der Waals surface area contributed by atoms with E-state index in [1.54, 1.807) is 0 Å². The number of anilines is 1. The minimum atomic E-state index is 0.0848. The van der Waals surface area contributed by atoms with Crippen LogP contribution in [0.5, 0.6) is 0 Å². The second kappa shape index (κ2) is 11.7. The molecule has 4 rings (SSSR count). The lowest BCUT2D eigenvalue weighted by Gasteiger charge is -2.40. The van der Waals surface area contributed by atoms with Gasteiger partial charge in [-0.1, -0.05) is 54.6 Å². The van der Waals surface area contributed by atoms with Gasteiger partial charge >= 0.3 is 0 Å². The molecule has 1 heterocycles. The monoisotopic (exact) mass is 484 g/mol. The first-order valence-electron chi connectivity index (χ1n) is 13.1. The molecule has 3 aromatic rings. The van der Waals surface area contributed by atoms with Crippen LogP contribution < -0.4 is 5.73 Å². The van der Waals surface area contributed by atoms with Gasteiger partial charge in [0.05, 0.1) is 6.04 Å². The van der Waals surface area contributed by atoms with E-state index in [9.17, 15) is 4.79 Å². The Morgan fingerprint density at radius 3 is 2.03 bits per heavy atom. The van der Waals surface area contributed by atoms with Crippen molar-refractivity contribution < 1.29 is 4.79 Å². The summed E-state index contributed by atoms with van der Waals surface area (Å²) in [5, 5.41) is 0. The Bertz CT molecular complexity index is 1110. The molecule has 0 radical (unpaired) electrons. The van der Waals surface area contributed by atoms with Crippen molar-refractivity contribution in [2.75, 3.05) is 31.9 Å². The average molecular weight is 485 g/mol. The molecule has 1 aliphatic rings. The highest BCUT2D eigenvalue weighted by Gasteiger charge is 2.27. The lowest BCUT2D eigenvalue weighted by molar-refractivity contribution is 0.0643. The van der Waals surface area contributed by atoms with E-state index in [1.807, 2.05) is 29.2 Å². The van der Waals surface area contributed by atoms with Crippen LogP contribution in [0.1, 0.15) is 60.8 Å². The Hall–Kier alpha value is -3.15. The number of piperazine rings is 1. The van der Waals surface area contributed by atoms with Crippen molar-refractivity contribution >= 4 is 11.6 Å². The summed E-state index contributed by atoms with van der Waals surface area (Å²) in [4.78, 5) is 20.2. The van der Waals surface area contributed by atoms with Gasteiger partial charge in [-0.05, 0) is 68.7 Å². The number of benzene rings is 3. The maximum Gasteiger partial charge on any atom is 0.254 e. The SMILES string of the molecule is CC(C)N(C(=O)c1ccc(C(c2cccc(N)c2)N2CCN(Cc3ccccc3)CC2)cc1)C(C)C. The third kappa shape index (κ3) is 6.15. The van der Waals surface area contributed by atoms with Crippen molar-refractivity contribution in [1.82, 2.24) is 14.7 Å². The molecular weight excluding hydrogens is 444 g/mol. The molecule has 1 aliphatic heterocycles. The third-order valence-electron chi connectivity index (χ3n) is 7.07. The zero-order valence-corrected chi connectivity index (χ0v) is 22.1. The summed E-state index contributed by atoms with van der Waals surface area (Å²) in [7, 11) is 0. The molecule has 0 bridgehead atoms. The number of amides is 1. The van der Waals surface area contributed by atoms with Crippen LogP contribution in [-0.2, 0) is 6.54 Å². The number of nitrogen functional groups attached to an aromatic ring is 1. The first kappa shape index (κ1) is 25.9. The van der Waals surface area contributed by atoms with E-state index < -0.39 is 0 Å². The quantitative estimate of drug-likeness (QED) is 0.433. The maximum atomic E-state index is 13.2. The lowest BCUT2D eigenvalue weighted by Crippen LogP contribution is -2.47. The Morgan fingerprint density at radius 2 is 1.44 bits per heavy atom. The number of hydrogen-bond donors (Lipinski definition) is 1. The minimum absolute atomic E-state index is 0.0848. The van der Waals surface area contributed by atoms with E-state index >= 15 is 0 Å². The molecule has 5 nitrogen and oxygen atoms in total. The van der Waals surface area contributed by atoms with Gasteiger partial charge in [-0.15, -0.1) is 0 Å². The molecular formula is C31H40N4O. The summed E-state index contributed by atoms with van der Waals surface area (Å²) < 4.78 is 0. The molecule has 1 amide bonds. The predicted molar refractivity (Wildman–Crippen MR) is 149 cm³/mol. The second-order valence-electron chi connectivity index (χ2n) is 10.4. The molecule has 5 heteroatoms. The summed E-state index contributed by atoms with van der Waals surface area (Å²) in [6.07, 6.45) is 0. The van der Waals surface area contributed by atoms with Gasteiger partial charge in [0.1, 0.15) is 0 Å². The van der Waals surface area contributed by atoms with Gasteiger partial charge in [0.25, 0.3) is 5.91 Å². The zero-order chi connectivity index (χ0) is 25.7. The van der Waals surface area contributed by atoms with Crippen molar-refractivity contribution in [2.24, 2.45) is 0 Å². The molecule has 0 aromatic heterocycles. The number of nitrogens with zero attached hydrogens (tertiary/aromatic N) is 3. The van der Waals surface area contributed by atoms with Crippen LogP contribution in [0.2, 0.25) is 0 Å². The number of carbonyl (C=O) groups excluding carboxylic acids is 1. The predicted octanol–water partition coefficient (Wildman–Crippen LogP) is 5.44. The van der Waals surface area contributed by atoms with Crippen LogP contribution in [0, 0.1) is 0 Å². The van der Waals surface area contributed by atoms with Crippen molar-refractivity contribution in [1.29, 1.82) is 0 Å². The van der Waals surface area contributed by atoms with Crippen molar-refractivity contribution in [3.05, 3.63) is 101 Å². The van der Waals surface area contributed by atoms with Gasteiger partial charge in [0, 0.05) is 56.1 Å². The first-order chi connectivity index (χ1) is 17.3. The Balaban J connectivity index is 1.54. The van der Waals surface area contributed by atoms with E-state index in [0.29, 0.717) is 0 Å². The third-order valence-corrected chi connectivity index (χ3v) is 7.07. The van der Waals surface area contributed by atoms with Crippen LogP contribution in [0.4, 0.5) is 5.69 Å². The number of hydrogen-bond acceptors (Lipinski definition) is 4. The zero-order valence-electron chi connectivity index (χ0n) is 22.1. The maximum absolute atomic E-state index is 13.2. The normalized spacial score (nSPS) is 15.8. The molecule has 1 saturated heterocycles. The Morgan fingerprint density at radius 1 is 0.806 bits per heavy atom. The fraction of sp³-hybridized carbons (Fsp3) is 0.387. The fourth-order valence-electron chi connectivity index (χ4n) is 5.39. The summed E-state index contributed by atoms with van der Waals surface area (Å²) in [5.41, 5.74) is 11.4. The summed E-state index contributed by atoms with van der Waals surface area (Å²) in [6, 6.07) is 27.5. The molecule has 0 spiro atoms. The molecule has 3 aromatic carbocycles. The Kier molecular flexibility index (Phi) is 8.44. The molecule has 0 aliphatic carbocycles. The van der Waals surface area contributed by atoms with Gasteiger partial charge in [-0.3, -0.25) is 14.6 Å². The van der Waals surface area contributed by atoms with Gasteiger partial charge in [0.15, 0.2) is 0 Å². The summed E-state index contributed by atoms with van der Waals surface area (Å²) in [5.74, 6) is 0.0848. The number of carbonyl (C=O) groups is 1. The smallest absolute Gasteiger partial charge is 0.254 e. The van der Waals surface area contributed by atoms with Crippen LogP contribution in [0.3, 0.4) is 0 Å². The van der Waals surface area contributed by atoms with Gasteiger partial charge in [-0.2, -0.15) is 0 Å². The molecule has 1 unspecified atom stereocenters.